The Balaban J connectivity index is 1.77. The average Bonchev–Trinajstić information content (AvgIpc) is 2.86. The summed E-state index contributed by atoms with van der Waals surface area (Å²) in [6, 6.07) is 19.9. The molecule has 0 saturated carbocycles. The van der Waals surface area contributed by atoms with Crippen molar-refractivity contribution in [1.82, 2.24) is 4.90 Å². The molecule has 4 rings (SSSR count). The number of rotatable bonds is 6. The molecule has 0 aromatic heterocycles. The molecule has 0 atom stereocenters. The quantitative estimate of drug-likeness (QED) is 0.514. The highest BCUT2D eigenvalue weighted by Crippen LogP contribution is 2.40. The Hall–Kier alpha value is -3.93. The van der Waals surface area contributed by atoms with E-state index in [0.29, 0.717) is 24.1 Å². The maximum Gasteiger partial charge on any atom is 0.336 e. The molecule has 0 unspecified atom stereocenters. The largest absolute Gasteiger partial charge is 0.466 e. The minimum Gasteiger partial charge on any atom is -0.466 e. The molecule has 33 heavy (non-hydrogen) atoms. The van der Waals surface area contributed by atoms with Crippen molar-refractivity contribution >= 4 is 22.7 Å². The number of benzene rings is 3. The maximum absolute atomic E-state index is 13.2. The Morgan fingerprint density at radius 1 is 0.848 bits per heavy atom. The second-order valence-corrected chi connectivity index (χ2v) is 7.77. The number of halogens is 1. The second kappa shape index (κ2) is 9.69. The van der Waals surface area contributed by atoms with Gasteiger partial charge in [0.05, 0.1) is 31.3 Å². The number of nitrogens with zero attached hydrogens (tertiary/aromatic N) is 1. The fourth-order valence-corrected chi connectivity index (χ4v) is 4.16. The molecule has 0 aliphatic carbocycles. The van der Waals surface area contributed by atoms with E-state index in [0.717, 1.165) is 21.9 Å². The predicted molar refractivity (Wildman–Crippen MR) is 124 cm³/mol. The standard InChI is InChI=1S/C27H24FNO4/c1-32-26(30)23-16-29(15-14-18-10-12-20(28)13-11-18)17-24(27(31)33-2)25(23)22-9-5-7-19-6-3-4-8-21(19)22/h3-13,16-17,25H,14-15H2,1-2H3. The van der Waals surface area contributed by atoms with Crippen LogP contribution in [0.1, 0.15) is 17.0 Å². The summed E-state index contributed by atoms with van der Waals surface area (Å²) < 4.78 is 23.4. The molecule has 0 N–H and O–H groups in total. The van der Waals surface area contributed by atoms with Crippen molar-refractivity contribution in [2.75, 3.05) is 20.8 Å². The van der Waals surface area contributed by atoms with Gasteiger partial charge in [0, 0.05) is 18.9 Å². The van der Waals surface area contributed by atoms with Crippen LogP contribution in [0.5, 0.6) is 0 Å². The monoisotopic (exact) mass is 445 g/mol. The molecule has 0 saturated heterocycles. The van der Waals surface area contributed by atoms with Gasteiger partial charge in [-0.1, -0.05) is 54.6 Å². The van der Waals surface area contributed by atoms with Gasteiger partial charge < -0.3 is 14.4 Å². The Kier molecular flexibility index (Phi) is 6.54. The fraction of sp³-hybridized carbons (Fsp3) is 0.185. The number of ether oxygens (including phenoxy) is 2. The Bertz CT molecular complexity index is 1210. The highest BCUT2D eigenvalue weighted by molar-refractivity contribution is 6.00. The van der Waals surface area contributed by atoms with Gasteiger partial charge in [-0.25, -0.2) is 14.0 Å². The zero-order chi connectivity index (χ0) is 23.4. The lowest BCUT2D eigenvalue weighted by Crippen LogP contribution is -2.29. The van der Waals surface area contributed by atoms with Crippen LogP contribution in [0.4, 0.5) is 4.39 Å². The van der Waals surface area contributed by atoms with Crippen molar-refractivity contribution < 1.29 is 23.5 Å². The first kappa shape index (κ1) is 22.3. The van der Waals surface area contributed by atoms with Crippen molar-refractivity contribution in [2.45, 2.75) is 12.3 Å². The van der Waals surface area contributed by atoms with Gasteiger partial charge in [0.15, 0.2) is 0 Å². The highest BCUT2D eigenvalue weighted by Gasteiger charge is 2.36. The summed E-state index contributed by atoms with van der Waals surface area (Å²) in [7, 11) is 2.64. The Morgan fingerprint density at radius 3 is 2.09 bits per heavy atom. The Labute approximate surface area is 191 Å². The minimum atomic E-state index is -0.641. The van der Waals surface area contributed by atoms with Crippen molar-refractivity contribution in [3.8, 4) is 0 Å². The average molecular weight is 445 g/mol. The first-order valence-corrected chi connectivity index (χ1v) is 10.6. The molecule has 6 heteroatoms. The smallest absolute Gasteiger partial charge is 0.336 e. The molecule has 1 aliphatic rings. The summed E-state index contributed by atoms with van der Waals surface area (Å²) in [6.07, 6.45) is 4.03. The van der Waals surface area contributed by atoms with Crippen LogP contribution in [-0.2, 0) is 25.5 Å². The summed E-state index contributed by atoms with van der Waals surface area (Å²) in [5.41, 5.74) is 2.44. The summed E-state index contributed by atoms with van der Waals surface area (Å²) in [6.45, 7) is 0.481. The Morgan fingerprint density at radius 2 is 1.45 bits per heavy atom. The third-order valence-corrected chi connectivity index (χ3v) is 5.78. The third kappa shape index (κ3) is 4.65. The van der Waals surface area contributed by atoms with E-state index in [1.165, 1.54) is 26.4 Å². The second-order valence-electron chi connectivity index (χ2n) is 7.77. The molecule has 3 aromatic rings. The molecule has 0 spiro atoms. The number of methoxy groups -OCH3 is 2. The van der Waals surface area contributed by atoms with Crippen molar-refractivity contribution in [1.29, 1.82) is 0 Å². The highest BCUT2D eigenvalue weighted by atomic mass is 19.1. The van der Waals surface area contributed by atoms with E-state index in [2.05, 4.69) is 0 Å². The van der Waals surface area contributed by atoms with Crippen LogP contribution < -0.4 is 0 Å². The van der Waals surface area contributed by atoms with Crippen LogP contribution in [0, 0.1) is 5.82 Å². The van der Waals surface area contributed by atoms with E-state index in [4.69, 9.17) is 9.47 Å². The van der Waals surface area contributed by atoms with Crippen molar-refractivity contribution in [3.63, 3.8) is 0 Å². The van der Waals surface area contributed by atoms with Gasteiger partial charge >= 0.3 is 11.9 Å². The lowest BCUT2D eigenvalue weighted by Gasteiger charge is -2.30. The van der Waals surface area contributed by atoms with Gasteiger partial charge in [-0.2, -0.15) is 0 Å². The van der Waals surface area contributed by atoms with Crippen LogP contribution in [0.25, 0.3) is 10.8 Å². The topological polar surface area (TPSA) is 55.8 Å². The van der Waals surface area contributed by atoms with E-state index in [1.54, 1.807) is 29.4 Å². The van der Waals surface area contributed by atoms with Gasteiger partial charge in [0.25, 0.3) is 0 Å². The minimum absolute atomic E-state index is 0.296. The number of hydrogen-bond acceptors (Lipinski definition) is 5. The SMILES string of the molecule is COC(=O)C1=CN(CCc2ccc(F)cc2)C=C(C(=O)OC)C1c1cccc2ccccc12. The molecule has 0 radical (unpaired) electrons. The molecule has 168 valence electrons. The van der Waals surface area contributed by atoms with Gasteiger partial charge in [-0.05, 0) is 40.5 Å². The molecule has 3 aromatic carbocycles. The molecule has 1 aliphatic heterocycles. The number of hydrogen-bond donors (Lipinski definition) is 0. The van der Waals surface area contributed by atoms with Crippen LogP contribution in [0.3, 0.4) is 0 Å². The molecule has 0 fully saturated rings. The molecular weight excluding hydrogens is 421 g/mol. The van der Waals surface area contributed by atoms with E-state index in [9.17, 15) is 14.0 Å². The van der Waals surface area contributed by atoms with Crippen LogP contribution in [0.2, 0.25) is 0 Å². The number of fused-ring (bicyclic) bond motifs is 1. The maximum atomic E-state index is 13.2. The fourth-order valence-electron chi connectivity index (χ4n) is 4.16. The van der Waals surface area contributed by atoms with E-state index in [1.807, 2.05) is 42.5 Å². The zero-order valence-electron chi connectivity index (χ0n) is 18.5. The van der Waals surface area contributed by atoms with E-state index >= 15 is 0 Å². The van der Waals surface area contributed by atoms with Gasteiger partial charge in [-0.15, -0.1) is 0 Å². The molecule has 5 nitrogen and oxygen atoms in total. The first-order chi connectivity index (χ1) is 16.0. The summed E-state index contributed by atoms with van der Waals surface area (Å²) in [4.78, 5) is 27.5. The normalized spacial score (nSPS) is 14.0. The van der Waals surface area contributed by atoms with E-state index in [-0.39, 0.29) is 5.82 Å². The van der Waals surface area contributed by atoms with Gasteiger partial charge in [0.1, 0.15) is 5.82 Å². The van der Waals surface area contributed by atoms with Crippen LogP contribution in [-0.4, -0.2) is 37.6 Å². The zero-order valence-corrected chi connectivity index (χ0v) is 18.5. The van der Waals surface area contributed by atoms with Gasteiger partial charge in [0.2, 0.25) is 0 Å². The predicted octanol–water partition coefficient (Wildman–Crippen LogP) is 4.73. The number of carbonyl (C=O) groups is 2. The number of esters is 2. The summed E-state index contributed by atoms with van der Waals surface area (Å²) in [5, 5.41) is 1.94. The lowest BCUT2D eigenvalue weighted by molar-refractivity contribution is -0.137. The summed E-state index contributed by atoms with van der Waals surface area (Å²) in [5.74, 6) is -1.98. The molecule has 0 amide bonds. The third-order valence-electron chi connectivity index (χ3n) is 5.78. The summed E-state index contributed by atoms with van der Waals surface area (Å²) >= 11 is 0. The van der Waals surface area contributed by atoms with Gasteiger partial charge in [-0.3, -0.25) is 0 Å². The van der Waals surface area contributed by atoms with Crippen LogP contribution >= 0.6 is 0 Å². The van der Waals surface area contributed by atoms with Crippen molar-refractivity contribution in [3.05, 3.63) is 107 Å². The van der Waals surface area contributed by atoms with E-state index < -0.39 is 17.9 Å². The van der Waals surface area contributed by atoms with Crippen molar-refractivity contribution in [2.24, 2.45) is 0 Å². The van der Waals surface area contributed by atoms with Crippen LogP contribution in [0.15, 0.2) is 90.3 Å². The number of carbonyl (C=O) groups excluding carboxylic acids is 2. The molecule has 0 bridgehead atoms. The lowest BCUT2D eigenvalue weighted by atomic mass is 9.81. The molecular formula is C27H24FNO4. The molecule has 1 heterocycles. The first-order valence-electron chi connectivity index (χ1n) is 10.6.